The molecule has 1 aliphatic rings. The molecule has 0 fully saturated rings. The maximum absolute atomic E-state index is 12.7. The molecule has 2 rings (SSSR count). The second-order valence-corrected chi connectivity index (χ2v) is 4.39. The summed E-state index contributed by atoms with van der Waals surface area (Å²) in [6.45, 7) is 2.42. The van der Waals surface area contributed by atoms with Gasteiger partial charge in [-0.05, 0) is 18.1 Å². The Morgan fingerprint density at radius 1 is 1.47 bits per heavy atom. The van der Waals surface area contributed by atoms with Crippen molar-refractivity contribution < 1.29 is 13.6 Å². The van der Waals surface area contributed by atoms with Crippen LogP contribution in [0.1, 0.15) is 36.9 Å². The number of rotatable bonds is 4. The Kier molecular flexibility index (Phi) is 3.78. The third-order valence-corrected chi connectivity index (χ3v) is 3.01. The van der Waals surface area contributed by atoms with E-state index in [4.69, 9.17) is 5.73 Å². The van der Waals surface area contributed by atoms with Gasteiger partial charge in [0.05, 0.1) is 0 Å². The van der Waals surface area contributed by atoms with Gasteiger partial charge in [0.25, 0.3) is 6.43 Å². The predicted octanol–water partition coefficient (Wildman–Crippen LogP) is 2.87. The summed E-state index contributed by atoms with van der Waals surface area (Å²) in [6.07, 6.45) is -1.80. The van der Waals surface area contributed by atoms with Gasteiger partial charge in [-0.1, -0.05) is 25.1 Å². The minimum atomic E-state index is -2.55. The lowest BCUT2D eigenvalue weighted by Gasteiger charge is -2.24. The van der Waals surface area contributed by atoms with E-state index in [0.29, 0.717) is 12.1 Å². The molecule has 0 aliphatic carbocycles. The van der Waals surface area contributed by atoms with Crippen LogP contribution in [0.2, 0.25) is 0 Å². The average molecular weight is 267 g/mol. The molecule has 0 bridgehead atoms. The van der Waals surface area contributed by atoms with Crippen molar-refractivity contribution in [1.82, 2.24) is 4.90 Å². The molecular formula is C13H15F2N3O. The van der Waals surface area contributed by atoms with E-state index in [-0.39, 0.29) is 11.4 Å². The van der Waals surface area contributed by atoms with Crippen LogP contribution in [0.5, 0.6) is 0 Å². The number of nitrogens with zero attached hydrogens (tertiary/aromatic N) is 2. The summed E-state index contributed by atoms with van der Waals surface area (Å²) in [4.78, 5) is 16.9. The van der Waals surface area contributed by atoms with Gasteiger partial charge in [-0.25, -0.2) is 13.6 Å². The van der Waals surface area contributed by atoms with Crippen molar-refractivity contribution in [3.63, 3.8) is 0 Å². The van der Waals surface area contributed by atoms with Crippen molar-refractivity contribution in [1.29, 1.82) is 0 Å². The highest BCUT2D eigenvalue weighted by molar-refractivity contribution is 6.03. The van der Waals surface area contributed by atoms with E-state index < -0.39 is 18.5 Å². The van der Waals surface area contributed by atoms with Gasteiger partial charge in [0, 0.05) is 12.1 Å². The number of aliphatic imine (C=N–C) groups is 1. The molecule has 1 aromatic rings. The monoisotopic (exact) mass is 267 g/mol. The zero-order valence-electron chi connectivity index (χ0n) is 10.5. The maximum Gasteiger partial charge on any atom is 0.346 e. The van der Waals surface area contributed by atoms with Gasteiger partial charge >= 0.3 is 6.03 Å². The first-order chi connectivity index (χ1) is 9.04. The first kappa shape index (κ1) is 13.5. The molecule has 0 spiro atoms. The highest BCUT2D eigenvalue weighted by atomic mass is 19.3. The van der Waals surface area contributed by atoms with Crippen LogP contribution < -0.4 is 5.73 Å². The number of carbonyl (C=O) groups is 1. The van der Waals surface area contributed by atoms with E-state index in [1.54, 1.807) is 6.07 Å². The third-order valence-electron chi connectivity index (χ3n) is 3.01. The summed E-state index contributed by atoms with van der Waals surface area (Å²) >= 11 is 0. The Morgan fingerprint density at radius 2 is 2.21 bits per heavy atom. The van der Waals surface area contributed by atoms with Crippen molar-refractivity contribution >= 4 is 11.9 Å². The fourth-order valence-corrected chi connectivity index (χ4v) is 2.19. The molecule has 1 unspecified atom stereocenters. The Morgan fingerprint density at radius 3 is 2.84 bits per heavy atom. The highest BCUT2D eigenvalue weighted by Gasteiger charge is 2.34. The number of benzene rings is 1. The minimum absolute atomic E-state index is 0.0823. The summed E-state index contributed by atoms with van der Waals surface area (Å²) < 4.78 is 25.4. The first-order valence-electron chi connectivity index (χ1n) is 6.07. The van der Waals surface area contributed by atoms with Crippen molar-refractivity contribution in [3.8, 4) is 0 Å². The highest BCUT2D eigenvalue weighted by Crippen LogP contribution is 2.29. The quantitative estimate of drug-likeness (QED) is 0.911. The molecule has 0 radical (unpaired) electrons. The Hall–Kier alpha value is -1.98. The number of urea groups is 1. The largest absolute Gasteiger partial charge is 0.385 e. The van der Waals surface area contributed by atoms with Crippen LogP contribution in [-0.2, 0) is 0 Å². The molecular weight excluding hydrogens is 252 g/mol. The molecule has 0 aromatic heterocycles. The summed E-state index contributed by atoms with van der Waals surface area (Å²) in [7, 11) is 0. The minimum Gasteiger partial charge on any atom is -0.385 e. The van der Waals surface area contributed by atoms with Crippen LogP contribution in [-0.4, -0.2) is 23.3 Å². The maximum atomic E-state index is 12.7. The SMILES string of the molecule is CCCN1C(=O)N=C(N)C1c1cccc(C(F)F)c1. The molecule has 1 atom stereocenters. The second kappa shape index (κ2) is 5.34. The number of amidine groups is 1. The number of hydrogen-bond acceptors (Lipinski definition) is 2. The van der Waals surface area contributed by atoms with Crippen molar-refractivity contribution in [2.75, 3.05) is 6.54 Å². The fraction of sp³-hybridized carbons (Fsp3) is 0.385. The Balaban J connectivity index is 2.36. The van der Waals surface area contributed by atoms with Gasteiger partial charge in [-0.3, -0.25) is 0 Å². The normalized spacial score (nSPS) is 19.2. The van der Waals surface area contributed by atoms with Crippen LogP contribution in [0.4, 0.5) is 13.6 Å². The molecule has 2 amide bonds. The van der Waals surface area contributed by atoms with Crippen LogP contribution >= 0.6 is 0 Å². The average Bonchev–Trinajstić information content (AvgIpc) is 2.65. The van der Waals surface area contributed by atoms with E-state index in [1.165, 1.54) is 23.1 Å². The number of halogens is 2. The summed E-state index contributed by atoms with van der Waals surface area (Å²) in [5, 5.41) is 0. The number of amides is 2. The van der Waals surface area contributed by atoms with E-state index in [2.05, 4.69) is 4.99 Å². The lowest BCUT2D eigenvalue weighted by atomic mass is 10.0. The molecule has 1 heterocycles. The van der Waals surface area contributed by atoms with Crippen molar-refractivity contribution in [2.45, 2.75) is 25.8 Å². The molecule has 19 heavy (non-hydrogen) atoms. The first-order valence-corrected chi connectivity index (χ1v) is 6.07. The molecule has 1 aromatic carbocycles. The molecule has 4 nitrogen and oxygen atoms in total. The van der Waals surface area contributed by atoms with Gasteiger partial charge in [0.2, 0.25) is 0 Å². The second-order valence-electron chi connectivity index (χ2n) is 4.39. The predicted molar refractivity (Wildman–Crippen MR) is 68.2 cm³/mol. The van der Waals surface area contributed by atoms with Gasteiger partial charge in [0.1, 0.15) is 11.9 Å². The lowest BCUT2D eigenvalue weighted by molar-refractivity contribution is 0.151. The summed E-state index contributed by atoms with van der Waals surface area (Å²) in [5.41, 5.74) is 6.23. The van der Waals surface area contributed by atoms with E-state index in [9.17, 15) is 13.6 Å². The molecule has 1 aliphatic heterocycles. The standard InChI is InChI=1S/C13H15F2N3O/c1-2-6-18-10(12(16)17-13(18)19)8-4-3-5-9(7-8)11(14)15/h3-5,7,10-11H,2,6H2,1H3,(H2,16,17,19). The van der Waals surface area contributed by atoms with Crippen LogP contribution in [0, 0.1) is 0 Å². The van der Waals surface area contributed by atoms with E-state index >= 15 is 0 Å². The van der Waals surface area contributed by atoms with E-state index in [1.807, 2.05) is 6.92 Å². The van der Waals surface area contributed by atoms with Crippen molar-refractivity contribution in [3.05, 3.63) is 35.4 Å². The number of alkyl halides is 2. The smallest absolute Gasteiger partial charge is 0.346 e. The van der Waals surface area contributed by atoms with Crippen LogP contribution in [0.25, 0.3) is 0 Å². The Bertz CT molecular complexity index is 516. The summed E-state index contributed by atoms with van der Waals surface area (Å²) in [5.74, 6) is 0.157. The molecule has 0 saturated heterocycles. The number of nitrogens with two attached hydrogens (primary N) is 1. The molecule has 6 heteroatoms. The van der Waals surface area contributed by atoms with Gasteiger partial charge < -0.3 is 10.6 Å². The molecule has 2 N–H and O–H groups in total. The summed E-state index contributed by atoms with van der Waals surface area (Å²) in [6, 6.07) is 5.00. The fourth-order valence-electron chi connectivity index (χ4n) is 2.19. The van der Waals surface area contributed by atoms with Crippen LogP contribution in [0.15, 0.2) is 29.3 Å². The van der Waals surface area contributed by atoms with Gasteiger partial charge in [0.15, 0.2) is 0 Å². The van der Waals surface area contributed by atoms with Crippen molar-refractivity contribution in [2.24, 2.45) is 10.7 Å². The lowest BCUT2D eigenvalue weighted by Crippen LogP contribution is -2.33. The molecule has 102 valence electrons. The van der Waals surface area contributed by atoms with Gasteiger partial charge in [-0.2, -0.15) is 4.99 Å². The zero-order valence-corrected chi connectivity index (χ0v) is 10.5. The number of hydrogen-bond donors (Lipinski definition) is 1. The zero-order chi connectivity index (χ0) is 14.0. The van der Waals surface area contributed by atoms with Crippen LogP contribution in [0.3, 0.4) is 0 Å². The topological polar surface area (TPSA) is 58.7 Å². The number of carbonyl (C=O) groups excluding carboxylic acids is 1. The van der Waals surface area contributed by atoms with Gasteiger partial charge in [-0.15, -0.1) is 0 Å². The molecule has 0 saturated carbocycles. The van der Waals surface area contributed by atoms with E-state index in [0.717, 1.165) is 6.42 Å². The Labute approximate surface area is 109 Å². The third kappa shape index (κ3) is 2.57.